The number of piperidine rings is 1. The highest BCUT2D eigenvalue weighted by Crippen LogP contribution is 2.23. The van der Waals surface area contributed by atoms with E-state index in [1.807, 2.05) is 48.5 Å². The number of nitrogens with zero attached hydrogens (tertiary/aromatic N) is 2. The molecule has 0 aliphatic carbocycles. The average Bonchev–Trinajstić information content (AvgIpc) is 2.67. The molecule has 4 nitrogen and oxygen atoms in total. The van der Waals surface area contributed by atoms with Crippen molar-refractivity contribution >= 4 is 21.8 Å². The van der Waals surface area contributed by atoms with Crippen LogP contribution in [0.3, 0.4) is 0 Å². The summed E-state index contributed by atoms with van der Waals surface area (Å²) in [6.07, 6.45) is 3.53. The highest BCUT2D eigenvalue weighted by atomic mass is 32.2. The molecule has 1 fully saturated rings. The van der Waals surface area contributed by atoms with Gasteiger partial charge in [0.15, 0.2) is 0 Å². The van der Waals surface area contributed by atoms with Crippen LogP contribution in [0.15, 0.2) is 66.1 Å². The zero-order chi connectivity index (χ0) is 17.7. The lowest BCUT2D eigenvalue weighted by Crippen LogP contribution is -2.48. The summed E-state index contributed by atoms with van der Waals surface area (Å²) in [7, 11) is -1.75. The van der Waals surface area contributed by atoms with Crippen molar-refractivity contribution in [1.82, 2.24) is 4.31 Å². The lowest BCUT2D eigenvalue weighted by Gasteiger charge is -2.37. The fraction of sp³-hybridized carbons (Fsp3) is 0.300. The van der Waals surface area contributed by atoms with Crippen molar-refractivity contribution in [1.29, 1.82) is 0 Å². The molecule has 0 N–H and O–H groups in total. The van der Waals surface area contributed by atoms with Crippen molar-refractivity contribution in [2.24, 2.45) is 0 Å². The van der Waals surface area contributed by atoms with Gasteiger partial charge in [0.25, 0.3) is 0 Å². The highest BCUT2D eigenvalue weighted by Gasteiger charge is 2.29. The normalized spacial score (nSPS) is 18.8. The number of likely N-dealkylation sites (N-methyl/N-ethyl adjacent to an activating group) is 1. The van der Waals surface area contributed by atoms with Gasteiger partial charge < -0.3 is 4.90 Å². The van der Waals surface area contributed by atoms with Crippen LogP contribution in [0, 0.1) is 0 Å². The topological polar surface area (TPSA) is 40.6 Å². The van der Waals surface area contributed by atoms with Crippen LogP contribution in [-0.4, -0.2) is 38.9 Å². The molecule has 5 heteroatoms. The van der Waals surface area contributed by atoms with Gasteiger partial charge in [-0.15, -0.1) is 0 Å². The molecule has 1 saturated heterocycles. The van der Waals surface area contributed by atoms with Crippen LogP contribution in [0.2, 0.25) is 0 Å². The molecule has 0 aromatic heterocycles. The van der Waals surface area contributed by atoms with Gasteiger partial charge in [-0.2, -0.15) is 4.31 Å². The summed E-state index contributed by atoms with van der Waals surface area (Å²) in [6, 6.07) is 19.7. The molecule has 0 spiro atoms. The Morgan fingerprint density at radius 3 is 2.36 bits per heavy atom. The van der Waals surface area contributed by atoms with Crippen LogP contribution in [-0.2, 0) is 10.0 Å². The third-order valence-corrected chi connectivity index (χ3v) is 6.25. The van der Waals surface area contributed by atoms with Gasteiger partial charge in [-0.25, -0.2) is 8.42 Å². The van der Waals surface area contributed by atoms with Gasteiger partial charge >= 0.3 is 0 Å². The molecule has 2 aromatic rings. The first-order chi connectivity index (χ1) is 12.1. The standard InChI is InChI=1S/C20H24N2O2S/c1-21(25(23,24)16-14-18-9-4-2-5-10-18)20-13-8-15-22(17-20)19-11-6-3-7-12-19/h2-7,9-12,14,16,20H,8,13,15,17H2,1H3/b16-14+. The van der Waals surface area contributed by atoms with Crippen LogP contribution in [0.25, 0.3) is 6.08 Å². The molecule has 0 radical (unpaired) electrons. The number of hydrogen-bond donors (Lipinski definition) is 0. The van der Waals surface area contributed by atoms with E-state index in [4.69, 9.17) is 0 Å². The fourth-order valence-electron chi connectivity index (χ4n) is 3.16. The maximum atomic E-state index is 12.7. The molecule has 2 aromatic carbocycles. The first-order valence-electron chi connectivity index (χ1n) is 8.57. The van der Waals surface area contributed by atoms with E-state index in [0.717, 1.165) is 37.2 Å². The van der Waals surface area contributed by atoms with Gasteiger partial charge in [-0.05, 0) is 36.6 Å². The van der Waals surface area contributed by atoms with Gasteiger partial charge in [-0.3, -0.25) is 0 Å². The summed E-state index contributed by atoms with van der Waals surface area (Å²) in [5.74, 6) is 0. The second-order valence-electron chi connectivity index (χ2n) is 6.35. The summed E-state index contributed by atoms with van der Waals surface area (Å²) < 4.78 is 26.8. The smallest absolute Gasteiger partial charge is 0.236 e. The largest absolute Gasteiger partial charge is 0.370 e. The van der Waals surface area contributed by atoms with Gasteiger partial charge in [0.1, 0.15) is 0 Å². The van der Waals surface area contributed by atoms with E-state index < -0.39 is 10.0 Å². The number of rotatable bonds is 5. The number of sulfonamides is 1. The fourth-order valence-corrected chi connectivity index (χ4v) is 4.27. The van der Waals surface area contributed by atoms with Gasteiger partial charge in [0.2, 0.25) is 10.0 Å². The second kappa shape index (κ2) is 7.85. The van der Waals surface area contributed by atoms with Crippen molar-refractivity contribution in [3.05, 3.63) is 71.6 Å². The Morgan fingerprint density at radius 2 is 1.68 bits per heavy atom. The van der Waals surface area contributed by atoms with Crippen LogP contribution in [0.4, 0.5) is 5.69 Å². The molecule has 25 heavy (non-hydrogen) atoms. The van der Waals surface area contributed by atoms with E-state index in [-0.39, 0.29) is 6.04 Å². The Bertz CT molecular complexity index is 804. The molecule has 132 valence electrons. The summed E-state index contributed by atoms with van der Waals surface area (Å²) in [5.41, 5.74) is 2.03. The molecule has 1 unspecified atom stereocenters. The summed E-state index contributed by atoms with van der Waals surface area (Å²) in [5, 5.41) is 1.31. The summed E-state index contributed by atoms with van der Waals surface area (Å²) in [6.45, 7) is 1.69. The van der Waals surface area contributed by atoms with Crippen LogP contribution >= 0.6 is 0 Å². The first kappa shape index (κ1) is 17.7. The predicted octanol–water partition coefficient (Wildman–Crippen LogP) is 3.59. The Hall–Kier alpha value is -2.11. The lowest BCUT2D eigenvalue weighted by molar-refractivity contribution is 0.323. The molecule has 1 atom stereocenters. The summed E-state index contributed by atoms with van der Waals surface area (Å²) >= 11 is 0. The van der Waals surface area contributed by atoms with E-state index in [1.165, 1.54) is 9.71 Å². The van der Waals surface area contributed by atoms with Crippen LogP contribution < -0.4 is 4.90 Å². The third-order valence-electron chi connectivity index (χ3n) is 4.67. The summed E-state index contributed by atoms with van der Waals surface area (Å²) in [4.78, 5) is 2.26. The molecule has 0 bridgehead atoms. The molecular formula is C20H24N2O2S. The molecule has 1 aliphatic rings. The van der Waals surface area contributed by atoms with Crippen molar-refractivity contribution in [3.8, 4) is 0 Å². The monoisotopic (exact) mass is 356 g/mol. The third kappa shape index (κ3) is 4.50. The van der Waals surface area contributed by atoms with Gasteiger partial charge in [0.05, 0.1) is 0 Å². The zero-order valence-corrected chi connectivity index (χ0v) is 15.3. The SMILES string of the molecule is CN(C1CCCN(c2ccccc2)C1)S(=O)(=O)/C=C/c1ccccc1. The van der Waals surface area contributed by atoms with Crippen molar-refractivity contribution in [3.63, 3.8) is 0 Å². The maximum absolute atomic E-state index is 12.7. The average molecular weight is 356 g/mol. The number of anilines is 1. The predicted molar refractivity (Wildman–Crippen MR) is 104 cm³/mol. The van der Waals surface area contributed by atoms with Crippen molar-refractivity contribution in [2.75, 3.05) is 25.0 Å². The minimum Gasteiger partial charge on any atom is -0.370 e. The van der Waals surface area contributed by atoms with Gasteiger partial charge in [0, 0.05) is 37.3 Å². The number of para-hydroxylation sites is 1. The minimum atomic E-state index is -3.44. The number of hydrogen-bond acceptors (Lipinski definition) is 3. The van der Waals surface area contributed by atoms with E-state index >= 15 is 0 Å². The van der Waals surface area contributed by atoms with Gasteiger partial charge in [-0.1, -0.05) is 48.5 Å². The Kier molecular flexibility index (Phi) is 5.56. The molecule has 1 aliphatic heterocycles. The Labute approximate surface area is 150 Å². The first-order valence-corrected chi connectivity index (χ1v) is 10.1. The van der Waals surface area contributed by atoms with Crippen molar-refractivity contribution < 1.29 is 8.42 Å². The van der Waals surface area contributed by atoms with E-state index in [9.17, 15) is 8.42 Å². The quantitative estimate of drug-likeness (QED) is 0.822. The Balaban J connectivity index is 1.71. The Morgan fingerprint density at radius 1 is 1.04 bits per heavy atom. The molecule has 3 rings (SSSR count). The molecule has 1 heterocycles. The minimum absolute atomic E-state index is 0.0145. The van der Waals surface area contributed by atoms with Crippen LogP contribution in [0.5, 0.6) is 0 Å². The van der Waals surface area contributed by atoms with E-state index in [2.05, 4.69) is 17.0 Å². The van der Waals surface area contributed by atoms with Crippen LogP contribution in [0.1, 0.15) is 18.4 Å². The van der Waals surface area contributed by atoms with Crippen molar-refractivity contribution in [2.45, 2.75) is 18.9 Å². The number of benzene rings is 2. The van der Waals surface area contributed by atoms with E-state index in [0.29, 0.717) is 0 Å². The maximum Gasteiger partial charge on any atom is 0.236 e. The highest BCUT2D eigenvalue weighted by molar-refractivity contribution is 7.92. The lowest BCUT2D eigenvalue weighted by atomic mass is 10.1. The zero-order valence-electron chi connectivity index (χ0n) is 14.5. The van der Waals surface area contributed by atoms with E-state index in [1.54, 1.807) is 13.1 Å². The second-order valence-corrected chi connectivity index (χ2v) is 8.23. The molecule has 0 saturated carbocycles. The molecular weight excluding hydrogens is 332 g/mol. The molecule has 0 amide bonds.